The Hall–Kier alpha value is -4.11. The SMILES string of the molecule is Nc1ccccc1Oc1cccc(S(=O)(=O)n2cnc(-c3ccccc3C(=O)O)c2)c1. The molecule has 0 aliphatic carbocycles. The lowest BCUT2D eigenvalue weighted by Crippen LogP contribution is -2.11. The van der Waals surface area contributed by atoms with E-state index in [9.17, 15) is 18.3 Å². The van der Waals surface area contributed by atoms with Gasteiger partial charge in [-0.1, -0.05) is 36.4 Å². The standard InChI is InChI=1S/C22H17N3O5S/c23-19-10-3-4-11-21(19)30-15-6-5-7-16(12-15)31(28,29)25-13-20(24-14-25)17-8-1-2-9-18(17)22(26)27/h1-14H,23H2,(H,26,27). The van der Waals surface area contributed by atoms with E-state index in [1.165, 1.54) is 24.4 Å². The zero-order valence-corrected chi connectivity index (χ0v) is 16.9. The van der Waals surface area contributed by atoms with Gasteiger partial charge in [-0.3, -0.25) is 0 Å². The van der Waals surface area contributed by atoms with Crippen molar-refractivity contribution in [2.75, 3.05) is 5.73 Å². The molecule has 156 valence electrons. The second kappa shape index (κ2) is 7.96. The number of aromatic carboxylic acids is 1. The second-order valence-electron chi connectivity index (χ2n) is 6.56. The lowest BCUT2D eigenvalue weighted by atomic mass is 10.1. The van der Waals surface area contributed by atoms with Crippen LogP contribution in [-0.2, 0) is 10.0 Å². The monoisotopic (exact) mass is 435 g/mol. The van der Waals surface area contributed by atoms with E-state index in [-0.39, 0.29) is 16.2 Å². The van der Waals surface area contributed by atoms with E-state index in [1.807, 2.05) is 0 Å². The van der Waals surface area contributed by atoms with Crippen molar-refractivity contribution in [3.8, 4) is 22.8 Å². The highest BCUT2D eigenvalue weighted by Crippen LogP contribution is 2.29. The van der Waals surface area contributed by atoms with Crippen molar-refractivity contribution in [3.05, 3.63) is 90.9 Å². The summed E-state index contributed by atoms with van der Waals surface area (Å²) in [6, 6.07) is 19.1. The van der Waals surface area contributed by atoms with Crippen molar-refractivity contribution in [3.63, 3.8) is 0 Å². The van der Waals surface area contributed by atoms with Crippen LogP contribution < -0.4 is 10.5 Å². The van der Waals surface area contributed by atoms with Gasteiger partial charge in [-0.25, -0.2) is 22.2 Å². The first-order valence-electron chi connectivity index (χ1n) is 9.11. The maximum Gasteiger partial charge on any atom is 0.336 e. The Morgan fingerprint density at radius 1 is 1.00 bits per heavy atom. The number of para-hydroxylation sites is 2. The molecular weight excluding hydrogens is 418 g/mol. The molecule has 0 fully saturated rings. The van der Waals surface area contributed by atoms with E-state index in [1.54, 1.807) is 54.6 Å². The van der Waals surface area contributed by atoms with Gasteiger partial charge in [-0.05, 0) is 30.3 Å². The molecule has 3 aromatic carbocycles. The van der Waals surface area contributed by atoms with Crippen LogP contribution in [0.4, 0.5) is 5.69 Å². The number of carboxylic acids is 1. The Bertz CT molecular complexity index is 1380. The topological polar surface area (TPSA) is 125 Å². The third kappa shape index (κ3) is 3.99. The summed E-state index contributed by atoms with van der Waals surface area (Å²) in [6.45, 7) is 0. The van der Waals surface area contributed by atoms with E-state index in [2.05, 4.69) is 4.98 Å². The number of ether oxygens (including phenoxy) is 1. The Labute approximate surface area is 178 Å². The molecule has 8 nitrogen and oxygen atoms in total. The van der Waals surface area contributed by atoms with Crippen molar-refractivity contribution in [2.24, 2.45) is 0 Å². The third-order valence-corrected chi connectivity index (χ3v) is 6.13. The van der Waals surface area contributed by atoms with Crippen LogP contribution in [0, 0.1) is 0 Å². The smallest absolute Gasteiger partial charge is 0.336 e. The van der Waals surface area contributed by atoms with Crippen molar-refractivity contribution < 1.29 is 23.1 Å². The average Bonchev–Trinajstić information content (AvgIpc) is 3.27. The predicted molar refractivity (Wildman–Crippen MR) is 115 cm³/mol. The number of nitrogens with two attached hydrogens (primary N) is 1. The van der Waals surface area contributed by atoms with Gasteiger partial charge in [0.1, 0.15) is 17.8 Å². The van der Waals surface area contributed by atoms with Gasteiger partial charge in [-0.2, -0.15) is 0 Å². The van der Waals surface area contributed by atoms with Gasteiger partial charge >= 0.3 is 5.97 Å². The molecule has 0 saturated heterocycles. The van der Waals surface area contributed by atoms with Crippen LogP contribution >= 0.6 is 0 Å². The van der Waals surface area contributed by atoms with Gasteiger partial charge in [0.2, 0.25) is 0 Å². The summed E-state index contributed by atoms with van der Waals surface area (Å²) in [4.78, 5) is 15.5. The number of hydrogen-bond donors (Lipinski definition) is 2. The first-order chi connectivity index (χ1) is 14.9. The quantitative estimate of drug-likeness (QED) is 0.441. The minimum Gasteiger partial charge on any atom is -0.478 e. The Morgan fingerprint density at radius 3 is 2.52 bits per heavy atom. The number of carboxylic acid groups (broad SMARTS) is 1. The first kappa shape index (κ1) is 20.2. The minimum absolute atomic E-state index is 0.0185. The number of imidazole rings is 1. The molecule has 3 N–H and O–H groups in total. The average molecular weight is 435 g/mol. The van der Waals surface area contributed by atoms with Crippen molar-refractivity contribution in [1.82, 2.24) is 8.96 Å². The van der Waals surface area contributed by atoms with Crippen LogP contribution in [0.15, 0.2) is 90.2 Å². The largest absolute Gasteiger partial charge is 0.478 e. The molecule has 0 spiro atoms. The number of rotatable bonds is 6. The highest BCUT2D eigenvalue weighted by Gasteiger charge is 2.20. The summed E-state index contributed by atoms with van der Waals surface area (Å²) >= 11 is 0. The van der Waals surface area contributed by atoms with Gasteiger partial charge in [-0.15, -0.1) is 0 Å². The number of nitrogens with zero attached hydrogens (tertiary/aromatic N) is 2. The van der Waals surface area contributed by atoms with Crippen LogP contribution in [0.25, 0.3) is 11.3 Å². The number of anilines is 1. The van der Waals surface area contributed by atoms with Crippen molar-refractivity contribution in [2.45, 2.75) is 4.90 Å². The van der Waals surface area contributed by atoms with Crippen LogP contribution in [0.3, 0.4) is 0 Å². The van der Waals surface area contributed by atoms with Gasteiger partial charge in [0.25, 0.3) is 10.0 Å². The first-order valence-corrected chi connectivity index (χ1v) is 10.5. The fourth-order valence-corrected chi connectivity index (χ4v) is 4.16. The number of benzene rings is 3. The molecule has 9 heteroatoms. The summed E-state index contributed by atoms with van der Waals surface area (Å²) in [7, 11) is -3.99. The fraction of sp³-hybridized carbons (Fsp3) is 0. The lowest BCUT2D eigenvalue weighted by molar-refractivity contribution is 0.0697. The molecular formula is C22H17N3O5S. The number of hydrogen-bond acceptors (Lipinski definition) is 6. The van der Waals surface area contributed by atoms with E-state index in [4.69, 9.17) is 10.5 Å². The van der Waals surface area contributed by atoms with Crippen LogP contribution in [0.5, 0.6) is 11.5 Å². The molecule has 0 atom stereocenters. The molecule has 0 amide bonds. The predicted octanol–water partition coefficient (Wildman–Crippen LogP) is 3.86. The van der Waals surface area contributed by atoms with Gasteiger partial charge < -0.3 is 15.6 Å². The second-order valence-corrected chi connectivity index (χ2v) is 8.40. The molecule has 31 heavy (non-hydrogen) atoms. The molecule has 0 bridgehead atoms. The van der Waals surface area contributed by atoms with Gasteiger partial charge in [0.05, 0.1) is 21.8 Å². The highest BCUT2D eigenvalue weighted by atomic mass is 32.2. The molecule has 1 aromatic heterocycles. The maximum atomic E-state index is 13.1. The Balaban J connectivity index is 1.68. The van der Waals surface area contributed by atoms with Crippen LogP contribution in [-0.4, -0.2) is 28.5 Å². The molecule has 4 aromatic rings. The van der Waals surface area contributed by atoms with E-state index < -0.39 is 16.0 Å². The van der Waals surface area contributed by atoms with Crippen LogP contribution in [0.2, 0.25) is 0 Å². The molecule has 0 unspecified atom stereocenters. The molecule has 1 heterocycles. The highest BCUT2D eigenvalue weighted by molar-refractivity contribution is 7.90. The van der Waals surface area contributed by atoms with Gasteiger partial charge in [0.15, 0.2) is 0 Å². The molecule has 0 radical (unpaired) electrons. The Kier molecular flexibility index (Phi) is 5.18. The van der Waals surface area contributed by atoms with Crippen LogP contribution in [0.1, 0.15) is 10.4 Å². The molecule has 0 saturated carbocycles. The zero-order chi connectivity index (χ0) is 22.0. The van der Waals surface area contributed by atoms with E-state index >= 15 is 0 Å². The summed E-state index contributed by atoms with van der Waals surface area (Å²) in [5.41, 5.74) is 6.88. The molecule has 0 aliphatic rings. The molecule has 0 aliphatic heterocycles. The van der Waals surface area contributed by atoms with E-state index in [0.717, 1.165) is 10.3 Å². The molecule has 4 rings (SSSR count). The fourth-order valence-electron chi connectivity index (χ4n) is 2.99. The van der Waals surface area contributed by atoms with Gasteiger partial charge in [0, 0.05) is 17.8 Å². The summed E-state index contributed by atoms with van der Waals surface area (Å²) < 4.78 is 32.8. The number of nitrogen functional groups attached to an aromatic ring is 1. The summed E-state index contributed by atoms with van der Waals surface area (Å²) in [6.07, 6.45) is 2.41. The third-order valence-electron chi connectivity index (χ3n) is 4.52. The minimum atomic E-state index is -3.99. The summed E-state index contributed by atoms with van der Waals surface area (Å²) in [5, 5.41) is 9.37. The van der Waals surface area contributed by atoms with Crippen molar-refractivity contribution in [1.29, 1.82) is 0 Å². The maximum absolute atomic E-state index is 13.1. The Morgan fingerprint density at radius 2 is 1.74 bits per heavy atom. The normalized spacial score (nSPS) is 11.2. The van der Waals surface area contributed by atoms with Crippen molar-refractivity contribution >= 4 is 21.7 Å². The number of carbonyl (C=O) groups is 1. The summed E-state index contributed by atoms with van der Waals surface area (Å²) in [5.74, 6) is -0.416. The zero-order valence-electron chi connectivity index (χ0n) is 16.0. The van der Waals surface area contributed by atoms with E-state index in [0.29, 0.717) is 22.7 Å². The number of aromatic nitrogens is 2. The lowest BCUT2D eigenvalue weighted by Gasteiger charge is -2.10.